The molecule has 16 heavy (non-hydrogen) atoms. The lowest BCUT2D eigenvalue weighted by molar-refractivity contribution is -0.120. The quantitative estimate of drug-likeness (QED) is 0.898. The number of carbonyl (C=O) groups excluding carboxylic acids is 1. The molecule has 0 spiro atoms. The number of amides is 1. The van der Waals surface area contributed by atoms with Crippen LogP contribution < -0.4 is 5.32 Å². The fourth-order valence-corrected chi connectivity index (χ4v) is 1.72. The molecule has 86 valence electrons. The third-order valence-electron chi connectivity index (χ3n) is 1.88. The molecule has 0 atom stereocenters. The monoisotopic (exact) mass is 277 g/mol. The first-order valence-corrected chi connectivity index (χ1v) is 5.67. The van der Waals surface area contributed by atoms with Gasteiger partial charge in [-0.1, -0.05) is 47.4 Å². The predicted octanol–water partition coefficient (Wildman–Crippen LogP) is 3.40. The van der Waals surface area contributed by atoms with Crippen LogP contribution in [0.5, 0.6) is 0 Å². The van der Waals surface area contributed by atoms with E-state index in [2.05, 4.69) is 11.9 Å². The first kappa shape index (κ1) is 13.4. The molecule has 0 aliphatic carbocycles. The van der Waals surface area contributed by atoms with Crippen LogP contribution in [0.1, 0.15) is 5.56 Å². The second-order valence-corrected chi connectivity index (χ2v) is 4.52. The topological polar surface area (TPSA) is 29.1 Å². The van der Waals surface area contributed by atoms with Crippen molar-refractivity contribution in [1.29, 1.82) is 0 Å². The summed E-state index contributed by atoms with van der Waals surface area (Å²) in [6, 6.07) is 5.11. The molecule has 0 fully saturated rings. The van der Waals surface area contributed by atoms with Crippen molar-refractivity contribution in [1.82, 2.24) is 5.32 Å². The zero-order chi connectivity index (χ0) is 12.1. The van der Waals surface area contributed by atoms with Gasteiger partial charge in [-0.25, -0.2) is 0 Å². The van der Waals surface area contributed by atoms with E-state index < -0.39 is 0 Å². The van der Waals surface area contributed by atoms with Gasteiger partial charge in [0.2, 0.25) is 5.91 Å². The van der Waals surface area contributed by atoms with Gasteiger partial charge in [-0.05, 0) is 17.7 Å². The molecule has 0 aliphatic heterocycles. The van der Waals surface area contributed by atoms with Crippen LogP contribution in [-0.4, -0.2) is 12.5 Å². The van der Waals surface area contributed by atoms with Crippen molar-refractivity contribution < 1.29 is 4.79 Å². The Balaban J connectivity index is 2.66. The van der Waals surface area contributed by atoms with E-state index in [1.54, 1.807) is 18.2 Å². The van der Waals surface area contributed by atoms with Crippen LogP contribution in [0.2, 0.25) is 10.0 Å². The van der Waals surface area contributed by atoms with Crippen molar-refractivity contribution in [3.8, 4) is 0 Å². The molecule has 0 unspecified atom stereocenters. The second-order valence-electron chi connectivity index (χ2n) is 3.17. The number of hydrogen-bond donors (Lipinski definition) is 1. The second kappa shape index (κ2) is 6.14. The minimum absolute atomic E-state index is 0.128. The summed E-state index contributed by atoms with van der Waals surface area (Å²) in [5.41, 5.74) is 0.614. The Morgan fingerprint density at radius 2 is 1.88 bits per heavy atom. The number of halogens is 3. The van der Waals surface area contributed by atoms with Crippen LogP contribution in [0.25, 0.3) is 0 Å². The summed E-state index contributed by atoms with van der Waals surface area (Å²) in [4.78, 5) is 11.5. The molecule has 0 radical (unpaired) electrons. The molecule has 0 saturated carbocycles. The highest BCUT2D eigenvalue weighted by atomic mass is 35.5. The first-order chi connectivity index (χ1) is 7.50. The highest BCUT2D eigenvalue weighted by Gasteiger charge is 2.10. The number of benzene rings is 1. The van der Waals surface area contributed by atoms with E-state index in [1.165, 1.54) is 0 Å². The Hall–Kier alpha value is -0.700. The van der Waals surface area contributed by atoms with Crippen LogP contribution >= 0.6 is 34.8 Å². The molecule has 1 N–H and O–H groups in total. The molecular formula is C11H10Cl3NO. The van der Waals surface area contributed by atoms with Crippen molar-refractivity contribution in [2.45, 2.75) is 6.42 Å². The first-order valence-electron chi connectivity index (χ1n) is 4.53. The van der Waals surface area contributed by atoms with Gasteiger partial charge < -0.3 is 5.32 Å². The van der Waals surface area contributed by atoms with Crippen molar-refractivity contribution in [2.24, 2.45) is 0 Å². The summed E-state index contributed by atoms with van der Waals surface area (Å²) < 4.78 is 0. The average molecular weight is 279 g/mol. The smallest absolute Gasteiger partial charge is 0.224 e. The molecule has 5 heteroatoms. The largest absolute Gasteiger partial charge is 0.351 e. The molecule has 0 aromatic heterocycles. The van der Waals surface area contributed by atoms with Crippen LogP contribution in [0.4, 0.5) is 0 Å². The van der Waals surface area contributed by atoms with Crippen molar-refractivity contribution in [3.05, 3.63) is 45.4 Å². The van der Waals surface area contributed by atoms with Crippen LogP contribution in [0.3, 0.4) is 0 Å². The molecule has 1 amide bonds. The Morgan fingerprint density at radius 3 is 2.38 bits per heavy atom. The normalized spacial score (nSPS) is 9.94. The molecule has 2 nitrogen and oxygen atoms in total. The molecule has 0 bridgehead atoms. The molecule has 0 aliphatic rings. The maximum atomic E-state index is 11.5. The minimum atomic E-state index is -0.197. The molecular weight excluding hydrogens is 268 g/mol. The van der Waals surface area contributed by atoms with E-state index in [0.717, 1.165) is 0 Å². The van der Waals surface area contributed by atoms with Gasteiger partial charge in [0.1, 0.15) is 0 Å². The lowest BCUT2D eigenvalue weighted by atomic mass is 10.1. The Morgan fingerprint density at radius 1 is 1.31 bits per heavy atom. The van der Waals surface area contributed by atoms with Crippen molar-refractivity contribution in [2.75, 3.05) is 6.54 Å². The van der Waals surface area contributed by atoms with E-state index in [-0.39, 0.29) is 18.9 Å². The zero-order valence-corrected chi connectivity index (χ0v) is 10.7. The molecule has 1 aromatic rings. The summed E-state index contributed by atoms with van der Waals surface area (Å²) in [6.45, 7) is 3.71. The molecule has 0 saturated heterocycles. The lowest BCUT2D eigenvalue weighted by Gasteiger charge is -2.07. The third-order valence-corrected chi connectivity index (χ3v) is 2.72. The van der Waals surface area contributed by atoms with Gasteiger partial charge in [-0.15, -0.1) is 0 Å². The van der Waals surface area contributed by atoms with Gasteiger partial charge >= 0.3 is 0 Å². The number of rotatable bonds is 4. The van der Waals surface area contributed by atoms with E-state index >= 15 is 0 Å². The summed E-state index contributed by atoms with van der Waals surface area (Å²) >= 11 is 17.4. The molecule has 0 heterocycles. The molecule has 1 rings (SSSR count). The van der Waals surface area contributed by atoms with Crippen LogP contribution in [-0.2, 0) is 11.2 Å². The minimum Gasteiger partial charge on any atom is -0.351 e. The lowest BCUT2D eigenvalue weighted by Crippen LogP contribution is -2.26. The Labute approximate surface area is 109 Å². The van der Waals surface area contributed by atoms with Crippen molar-refractivity contribution >= 4 is 40.7 Å². The number of carbonyl (C=O) groups is 1. The number of nitrogens with one attached hydrogen (secondary N) is 1. The van der Waals surface area contributed by atoms with Gasteiger partial charge in [0.25, 0.3) is 0 Å². The van der Waals surface area contributed by atoms with E-state index in [4.69, 9.17) is 34.8 Å². The highest BCUT2D eigenvalue weighted by molar-refractivity contribution is 6.36. The number of hydrogen-bond acceptors (Lipinski definition) is 1. The van der Waals surface area contributed by atoms with E-state index in [9.17, 15) is 4.79 Å². The fraction of sp³-hybridized carbons (Fsp3) is 0.182. The zero-order valence-electron chi connectivity index (χ0n) is 8.40. The van der Waals surface area contributed by atoms with E-state index in [0.29, 0.717) is 20.6 Å². The van der Waals surface area contributed by atoms with Crippen LogP contribution in [0.15, 0.2) is 29.8 Å². The SMILES string of the molecule is C=C(Cl)CNC(=O)Cc1c(Cl)cccc1Cl. The van der Waals surface area contributed by atoms with Gasteiger partial charge in [-0.2, -0.15) is 0 Å². The maximum absolute atomic E-state index is 11.5. The standard InChI is InChI=1S/C11H10Cl3NO/c1-7(12)6-15-11(16)5-8-9(13)3-2-4-10(8)14/h2-4H,1,5-6H2,(H,15,16). The summed E-state index contributed by atoms with van der Waals surface area (Å²) in [5, 5.41) is 3.93. The molecule has 1 aromatic carbocycles. The Bertz CT molecular complexity index is 397. The predicted molar refractivity (Wildman–Crippen MR) is 68.2 cm³/mol. The van der Waals surface area contributed by atoms with Gasteiger partial charge in [-0.3, -0.25) is 4.79 Å². The fourth-order valence-electron chi connectivity index (χ4n) is 1.12. The maximum Gasteiger partial charge on any atom is 0.224 e. The van der Waals surface area contributed by atoms with Gasteiger partial charge in [0.15, 0.2) is 0 Å². The van der Waals surface area contributed by atoms with E-state index in [1.807, 2.05) is 0 Å². The highest BCUT2D eigenvalue weighted by Crippen LogP contribution is 2.24. The summed E-state index contributed by atoms with van der Waals surface area (Å²) in [6.07, 6.45) is 0.128. The summed E-state index contributed by atoms with van der Waals surface area (Å²) in [7, 11) is 0. The Kier molecular flexibility index (Phi) is 5.13. The van der Waals surface area contributed by atoms with Gasteiger partial charge in [0, 0.05) is 15.1 Å². The average Bonchev–Trinajstić information content (AvgIpc) is 2.21. The van der Waals surface area contributed by atoms with Crippen LogP contribution in [0, 0.1) is 0 Å². The third kappa shape index (κ3) is 4.05. The summed E-state index contributed by atoms with van der Waals surface area (Å²) in [5.74, 6) is -0.197. The van der Waals surface area contributed by atoms with Crippen molar-refractivity contribution in [3.63, 3.8) is 0 Å². The van der Waals surface area contributed by atoms with Gasteiger partial charge in [0.05, 0.1) is 13.0 Å².